The van der Waals surface area contributed by atoms with E-state index in [9.17, 15) is 14.0 Å². The first-order chi connectivity index (χ1) is 13.9. The molecule has 3 aromatic rings. The minimum Gasteiger partial charge on any atom is -0.465 e. The lowest BCUT2D eigenvalue weighted by molar-refractivity contribution is 0.210. The first kappa shape index (κ1) is 20.0. The van der Waals surface area contributed by atoms with Gasteiger partial charge in [-0.2, -0.15) is 0 Å². The van der Waals surface area contributed by atoms with E-state index in [1.807, 2.05) is 24.5 Å². The zero-order chi connectivity index (χ0) is 21.0. The lowest BCUT2D eigenvalue weighted by Crippen LogP contribution is -2.08. The molecule has 148 valence electrons. The number of carboxylic acid groups (broad SMARTS) is 1. The Morgan fingerprint density at radius 3 is 2.59 bits per heavy atom. The Labute approximate surface area is 167 Å². The number of imidazole rings is 1. The average molecular weight is 393 g/mol. The molecule has 1 aromatic heterocycles. The smallest absolute Gasteiger partial charge is 0.409 e. The lowest BCUT2D eigenvalue weighted by atomic mass is 10.0. The SMILES string of the molecule is CC(C)c1nc(-c2ccc(F)cc2)c(-c2cccc(NC(=O)O)c2)n1CC=C=O. The number of benzene rings is 2. The summed E-state index contributed by atoms with van der Waals surface area (Å²) in [7, 11) is 0. The minimum absolute atomic E-state index is 0.0586. The van der Waals surface area contributed by atoms with Gasteiger partial charge in [0.05, 0.1) is 17.9 Å². The first-order valence-electron chi connectivity index (χ1n) is 9.06. The van der Waals surface area contributed by atoms with Gasteiger partial charge in [-0.15, -0.1) is 0 Å². The molecule has 0 aliphatic heterocycles. The average Bonchev–Trinajstić information content (AvgIpc) is 3.06. The minimum atomic E-state index is -1.17. The summed E-state index contributed by atoms with van der Waals surface area (Å²) in [5, 5.41) is 11.4. The van der Waals surface area contributed by atoms with Gasteiger partial charge in [0.2, 0.25) is 0 Å². The van der Waals surface area contributed by atoms with Gasteiger partial charge in [-0.25, -0.2) is 19.0 Å². The molecule has 1 amide bonds. The van der Waals surface area contributed by atoms with Gasteiger partial charge in [0, 0.05) is 28.8 Å². The van der Waals surface area contributed by atoms with E-state index in [1.165, 1.54) is 18.2 Å². The molecular weight excluding hydrogens is 373 g/mol. The highest BCUT2D eigenvalue weighted by Gasteiger charge is 2.21. The summed E-state index contributed by atoms with van der Waals surface area (Å²) in [6, 6.07) is 12.9. The predicted octanol–water partition coefficient (Wildman–Crippen LogP) is 4.96. The van der Waals surface area contributed by atoms with Crippen LogP contribution < -0.4 is 5.32 Å². The van der Waals surface area contributed by atoms with E-state index in [0.29, 0.717) is 28.2 Å². The second-order valence-corrected chi connectivity index (χ2v) is 6.77. The van der Waals surface area contributed by atoms with Crippen LogP contribution in [0.4, 0.5) is 14.9 Å². The Morgan fingerprint density at radius 2 is 1.97 bits per heavy atom. The lowest BCUT2D eigenvalue weighted by Gasteiger charge is -2.13. The summed E-state index contributed by atoms with van der Waals surface area (Å²) in [4.78, 5) is 26.7. The van der Waals surface area contributed by atoms with Crippen LogP contribution in [-0.2, 0) is 11.3 Å². The number of rotatable bonds is 6. The topological polar surface area (TPSA) is 84.2 Å². The van der Waals surface area contributed by atoms with Crippen molar-refractivity contribution in [2.24, 2.45) is 0 Å². The molecule has 0 atom stereocenters. The summed E-state index contributed by atoms with van der Waals surface area (Å²) < 4.78 is 15.3. The van der Waals surface area contributed by atoms with Crippen molar-refractivity contribution >= 4 is 17.7 Å². The van der Waals surface area contributed by atoms with Crippen LogP contribution in [0.25, 0.3) is 22.5 Å². The van der Waals surface area contributed by atoms with Crippen molar-refractivity contribution in [2.45, 2.75) is 26.3 Å². The molecule has 0 radical (unpaired) electrons. The summed E-state index contributed by atoms with van der Waals surface area (Å²) in [6.07, 6.45) is 0.200. The van der Waals surface area contributed by atoms with Crippen LogP contribution in [-0.4, -0.2) is 26.7 Å². The second kappa shape index (κ2) is 8.54. The molecule has 0 spiro atoms. The maximum absolute atomic E-state index is 13.4. The number of carbonyl (C=O) groups is 1. The zero-order valence-electron chi connectivity index (χ0n) is 16.0. The van der Waals surface area contributed by atoms with Crippen LogP contribution in [0.1, 0.15) is 25.6 Å². The van der Waals surface area contributed by atoms with Crippen molar-refractivity contribution in [1.82, 2.24) is 9.55 Å². The first-order valence-corrected chi connectivity index (χ1v) is 9.06. The molecule has 7 heteroatoms. The molecule has 0 bridgehead atoms. The highest BCUT2D eigenvalue weighted by molar-refractivity contribution is 5.86. The van der Waals surface area contributed by atoms with Crippen LogP contribution in [0.3, 0.4) is 0 Å². The van der Waals surface area contributed by atoms with Crippen molar-refractivity contribution in [3.63, 3.8) is 0 Å². The van der Waals surface area contributed by atoms with Crippen molar-refractivity contribution in [3.05, 3.63) is 66.2 Å². The van der Waals surface area contributed by atoms with E-state index < -0.39 is 6.09 Å². The van der Waals surface area contributed by atoms with Crippen LogP contribution >= 0.6 is 0 Å². The molecule has 29 heavy (non-hydrogen) atoms. The maximum Gasteiger partial charge on any atom is 0.409 e. The van der Waals surface area contributed by atoms with Gasteiger partial charge in [0.25, 0.3) is 0 Å². The molecule has 0 fully saturated rings. The van der Waals surface area contributed by atoms with E-state index in [4.69, 9.17) is 10.1 Å². The number of amides is 1. The van der Waals surface area contributed by atoms with Crippen LogP contribution in [0.2, 0.25) is 0 Å². The maximum atomic E-state index is 13.4. The van der Waals surface area contributed by atoms with Gasteiger partial charge in [-0.05, 0) is 36.4 Å². The van der Waals surface area contributed by atoms with E-state index >= 15 is 0 Å². The Balaban J connectivity index is 2.27. The number of halogens is 1. The molecule has 2 aromatic carbocycles. The number of anilines is 1. The Hall–Kier alpha value is -3.70. The van der Waals surface area contributed by atoms with Crippen LogP contribution in [0, 0.1) is 5.82 Å². The zero-order valence-corrected chi connectivity index (χ0v) is 16.0. The standard InChI is InChI=1S/C22H20FN3O3/c1-14(2)21-25-19(15-7-9-17(23)10-8-15)20(26(21)11-4-12-27)16-5-3-6-18(13-16)24-22(28)29/h3-10,13-14,24H,11H2,1-2H3,(H,28,29). The monoisotopic (exact) mass is 393 g/mol. The quantitative estimate of drug-likeness (QED) is 0.580. The molecule has 2 N–H and O–H groups in total. The number of nitrogens with one attached hydrogen (secondary N) is 1. The van der Waals surface area contributed by atoms with Crippen LogP contribution in [0.5, 0.6) is 0 Å². The molecule has 0 saturated heterocycles. The third kappa shape index (κ3) is 4.42. The van der Waals surface area contributed by atoms with E-state index in [0.717, 1.165) is 5.82 Å². The van der Waals surface area contributed by atoms with Gasteiger partial charge in [0.1, 0.15) is 17.6 Å². The third-order valence-electron chi connectivity index (χ3n) is 4.38. The van der Waals surface area contributed by atoms with Gasteiger partial charge < -0.3 is 9.67 Å². The van der Waals surface area contributed by atoms with E-state index in [2.05, 4.69) is 5.32 Å². The predicted molar refractivity (Wildman–Crippen MR) is 109 cm³/mol. The number of hydrogen-bond acceptors (Lipinski definition) is 3. The van der Waals surface area contributed by atoms with Crippen molar-refractivity contribution in [3.8, 4) is 22.5 Å². The Kier molecular flexibility index (Phi) is 5.90. The fourth-order valence-electron chi connectivity index (χ4n) is 3.19. The highest BCUT2D eigenvalue weighted by atomic mass is 19.1. The molecule has 0 saturated carbocycles. The number of hydrogen-bond donors (Lipinski definition) is 2. The van der Waals surface area contributed by atoms with Gasteiger partial charge in [-0.1, -0.05) is 26.0 Å². The van der Waals surface area contributed by atoms with Crippen molar-refractivity contribution in [1.29, 1.82) is 0 Å². The number of carbonyl (C=O) groups excluding carboxylic acids is 1. The van der Waals surface area contributed by atoms with Crippen molar-refractivity contribution in [2.75, 3.05) is 5.32 Å². The molecule has 0 aliphatic carbocycles. The molecule has 0 aliphatic rings. The molecular formula is C22H20FN3O3. The summed E-state index contributed by atoms with van der Waals surface area (Å²) >= 11 is 0. The van der Waals surface area contributed by atoms with Gasteiger partial charge in [0.15, 0.2) is 0 Å². The van der Waals surface area contributed by atoms with E-state index in [1.54, 1.807) is 36.3 Å². The fourth-order valence-corrected chi connectivity index (χ4v) is 3.19. The molecule has 3 rings (SSSR count). The number of aromatic nitrogens is 2. The summed E-state index contributed by atoms with van der Waals surface area (Å²) in [5.74, 6) is 2.25. The fraction of sp³-hybridized carbons (Fsp3) is 0.182. The highest BCUT2D eigenvalue weighted by Crippen LogP contribution is 2.36. The normalized spacial score (nSPS) is 10.6. The molecule has 0 unspecified atom stereocenters. The molecule has 1 heterocycles. The van der Waals surface area contributed by atoms with Crippen LogP contribution in [0.15, 0.2) is 54.6 Å². The number of allylic oxidation sites excluding steroid dienone is 1. The van der Waals surface area contributed by atoms with E-state index in [-0.39, 0.29) is 18.3 Å². The third-order valence-corrected chi connectivity index (χ3v) is 4.38. The Bertz CT molecular complexity index is 1080. The van der Waals surface area contributed by atoms with Gasteiger partial charge in [-0.3, -0.25) is 5.32 Å². The summed E-state index contributed by atoms with van der Waals surface area (Å²) in [5.41, 5.74) is 3.18. The Morgan fingerprint density at radius 1 is 1.24 bits per heavy atom. The van der Waals surface area contributed by atoms with Crippen molar-refractivity contribution < 1.29 is 19.1 Å². The number of nitrogens with zero attached hydrogens (tertiary/aromatic N) is 2. The largest absolute Gasteiger partial charge is 0.465 e. The second-order valence-electron chi connectivity index (χ2n) is 6.77. The summed E-state index contributed by atoms with van der Waals surface area (Å²) in [6.45, 7) is 4.24. The molecule has 6 nitrogen and oxygen atoms in total. The van der Waals surface area contributed by atoms with Gasteiger partial charge >= 0.3 is 6.09 Å².